The van der Waals surface area contributed by atoms with Gasteiger partial charge in [0.1, 0.15) is 0 Å². The molecule has 0 bridgehead atoms. The molecule has 0 saturated carbocycles. The third-order valence-corrected chi connectivity index (χ3v) is 5.69. The molecular formula is C24H14N6. The molecule has 0 unspecified atom stereocenters. The van der Waals surface area contributed by atoms with Gasteiger partial charge in [0.05, 0.1) is 33.1 Å². The Balaban J connectivity index is 1.99. The Morgan fingerprint density at radius 3 is 1.47 bits per heavy atom. The van der Waals surface area contributed by atoms with Gasteiger partial charge in [-0.3, -0.25) is 18.8 Å². The molecule has 5 heterocycles. The van der Waals surface area contributed by atoms with Crippen LogP contribution < -0.4 is 0 Å². The average molecular weight is 386 g/mol. The van der Waals surface area contributed by atoms with Crippen molar-refractivity contribution in [2.45, 2.75) is 0 Å². The Kier molecular flexibility index (Phi) is 2.91. The molecule has 0 amide bonds. The molecule has 0 fully saturated rings. The van der Waals surface area contributed by atoms with Crippen molar-refractivity contribution in [3.8, 4) is 0 Å². The Morgan fingerprint density at radius 1 is 0.500 bits per heavy atom. The molecule has 5 aromatic heterocycles. The molecule has 7 rings (SSSR count). The van der Waals surface area contributed by atoms with E-state index in [4.69, 9.17) is 9.97 Å². The Bertz CT molecular complexity index is 1680. The Hall–Kier alpha value is -4.32. The molecule has 0 aliphatic rings. The zero-order chi connectivity index (χ0) is 19.7. The van der Waals surface area contributed by atoms with Crippen molar-refractivity contribution in [3.63, 3.8) is 0 Å². The standard InChI is InChI=1S/C24H14N6/c1-3-7-21-17(5-1)27-23-24-28-18-6-2-4-8-22(18)30(24)20-10-12-26-14-16(20)15-13-25-11-9-19(15)29(21)23/h1-14H. The first-order valence-corrected chi connectivity index (χ1v) is 9.74. The first-order valence-electron chi connectivity index (χ1n) is 9.74. The lowest BCUT2D eigenvalue weighted by Crippen LogP contribution is -1.95. The maximum atomic E-state index is 5.01. The van der Waals surface area contributed by atoms with E-state index in [2.05, 4.69) is 30.9 Å². The number of aromatic nitrogens is 6. The molecule has 0 spiro atoms. The molecule has 0 aliphatic heterocycles. The highest BCUT2D eigenvalue weighted by molar-refractivity contribution is 6.07. The third kappa shape index (κ3) is 1.92. The van der Waals surface area contributed by atoms with Crippen molar-refractivity contribution in [1.29, 1.82) is 0 Å². The number of imidazole rings is 2. The molecule has 6 nitrogen and oxygen atoms in total. The molecule has 6 heteroatoms. The molecular weight excluding hydrogens is 372 g/mol. The lowest BCUT2D eigenvalue weighted by molar-refractivity contribution is 1.23. The largest absolute Gasteiger partial charge is 0.289 e. The monoisotopic (exact) mass is 386 g/mol. The average Bonchev–Trinajstić information content (AvgIpc) is 3.36. The number of fused-ring (bicyclic) bond motifs is 12. The molecule has 140 valence electrons. The molecule has 0 saturated heterocycles. The Morgan fingerprint density at radius 2 is 0.967 bits per heavy atom. The van der Waals surface area contributed by atoms with Gasteiger partial charge in [-0.05, 0) is 36.4 Å². The topological polar surface area (TPSA) is 60.4 Å². The summed E-state index contributed by atoms with van der Waals surface area (Å²) in [4.78, 5) is 18.9. The van der Waals surface area contributed by atoms with Gasteiger partial charge in [0, 0.05) is 35.6 Å². The van der Waals surface area contributed by atoms with Gasteiger partial charge in [-0.2, -0.15) is 0 Å². The molecule has 7 aromatic rings. The van der Waals surface area contributed by atoms with Crippen LogP contribution in [0.3, 0.4) is 0 Å². The molecule has 0 atom stereocenters. The van der Waals surface area contributed by atoms with Crippen molar-refractivity contribution in [3.05, 3.63) is 85.5 Å². The van der Waals surface area contributed by atoms with E-state index >= 15 is 0 Å². The summed E-state index contributed by atoms with van der Waals surface area (Å²) in [6, 6.07) is 20.4. The summed E-state index contributed by atoms with van der Waals surface area (Å²) in [6.45, 7) is 0. The van der Waals surface area contributed by atoms with Gasteiger partial charge in [-0.25, -0.2) is 9.97 Å². The minimum atomic E-state index is 0.808. The quantitative estimate of drug-likeness (QED) is 0.370. The third-order valence-electron chi connectivity index (χ3n) is 5.69. The predicted octanol–water partition coefficient (Wildman–Crippen LogP) is 4.95. The minimum Gasteiger partial charge on any atom is -0.289 e. The van der Waals surface area contributed by atoms with Crippen LogP contribution in [0.25, 0.3) is 55.2 Å². The van der Waals surface area contributed by atoms with E-state index in [1.807, 2.05) is 73.3 Å². The number of hydrogen-bond acceptors (Lipinski definition) is 4. The first kappa shape index (κ1) is 15.6. The zero-order valence-corrected chi connectivity index (χ0v) is 15.8. The van der Waals surface area contributed by atoms with Crippen LogP contribution in [0.15, 0.2) is 85.5 Å². The van der Waals surface area contributed by atoms with E-state index < -0.39 is 0 Å². The van der Waals surface area contributed by atoms with Crippen LogP contribution in [0, 0.1) is 0 Å². The summed E-state index contributed by atoms with van der Waals surface area (Å²) in [7, 11) is 0. The van der Waals surface area contributed by atoms with Gasteiger partial charge >= 0.3 is 0 Å². The lowest BCUT2D eigenvalue weighted by Gasteiger charge is -2.07. The van der Waals surface area contributed by atoms with Gasteiger partial charge in [-0.15, -0.1) is 0 Å². The van der Waals surface area contributed by atoms with E-state index in [9.17, 15) is 0 Å². The fraction of sp³-hybridized carbons (Fsp3) is 0. The summed E-state index contributed by atoms with van der Waals surface area (Å²) < 4.78 is 4.36. The summed E-state index contributed by atoms with van der Waals surface area (Å²) in [5.41, 5.74) is 7.57. The van der Waals surface area contributed by atoms with E-state index in [1.165, 1.54) is 0 Å². The molecule has 0 N–H and O–H groups in total. The second-order valence-corrected chi connectivity index (χ2v) is 7.30. The fourth-order valence-electron chi connectivity index (χ4n) is 4.42. The summed E-state index contributed by atoms with van der Waals surface area (Å²) in [5.74, 6) is 0. The molecule has 0 aliphatic carbocycles. The smallest absolute Gasteiger partial charge is 0.182 e. The van der Waals surface area contributed by atoms with E-state index in [0.29, 0.717) is 0 Å². The van der Waals surface area contributed by atoms with Crippen LogP contribution in [0.1, 0.15) is 0 Å². The maximum Gasteiger partial charge on any atom is 0.182 e. The number of para-hydroxylation sites is 4. The fourth-order valence-corrected chi connectivity index (χ4v) is 4.42. The summed E-state index contributed by atoms with van der Waals surface area (Å²) in [5, 5.41) is 2.02. The number of hydrogen-bond donors (Lipinski definition) is 0. The lowest BCUT2D eigenvalue weighted by atomic mass is 10.2. The van der Waals surface area contributed by atoms with Crippen LogP contribution in [0.2, 0.25) is 0 Å². The van der Waals surface area contributed by atoms with E-state index in [-0.39, 0.29) is 0 Å². The van der Waals surface area contributed by atoms with Crippen LogP contribution >= 0.6 is 0 Å². The summed E-state index contributed by atoms with van der Waals surface area (Å²) >= 11 is 0. The van der Waals surface area contributed by atoms with Gasteiger partial charge < -0.3 is 0 Å². The summed E-state index contributed by atoms with van der Waals surface area (Å²) in [6.07, 6.45) is 7.44. The molecule has 0 radical (unpaired) electrons. The maximum absolute atomic E-state index is 5.01. The van der Waals surface area contributed by atoms with Crippen molar-refractivity contribution in [2.75, 3.05) is 0 Å². The van der Waals surface area contributed by atoms with Gasteiger partial charge in [0.25, 0.3) is 0 Å². The molecule has 30 heavy (non-hydrogen) atoms. The first-order chi connectivity index (χ1) is 14.9. The minimum absolute atomic E-state index is 0.808. The highest BCUT2D eigenvalue weighted by atomic mass is 15.1. The van der Waals surface area contributed by atoms with E-state index in [1.54, 1.807) is 0 Å². The SMILES string of the molecule is c1ccc2c(c1)nc1c3nc4ccccc4n3c3ccncc3c3cnccc3n21. The van der Waals surface area contributed by atoms with Crippen LogP contribution in [-0.2, 0) is 0 Å². The Labute approximate surface area is 169 Å². The van der Waals surface area contributed by atoms with Crippen molar-refractivity contribution in [2.24, 2.45) is 0 Å². The van der Waals surface area contributed by atoms with Gasteiger partial charge in [-0.1, -0.05) is 24.3 Å². The van der Waals surface area contributed by atoms with Crippen molar-refractivity contribution < 1.29 is 0 Å². The number of benzene rings is 2. The van der Waals surface area contributed by atoms with Crippen molar-refractivity contribution in [1.82, 2.24) is 28.7 Å². The van der Waals surface area contributed by atoms with Gasteiger partial charge in [0.2, 0.25) is 0 Å². The van der Waals surface area contributed by atoms with E-state index in [0.717, 1.165) is 55.2 Å². The van der Waals surface area contributed by atoms with Crippen LogP contribution in [0.5, 0.6) is 0 Å². The van der Waals surface area contributed by atoms with Gasteiger partial charge in [0.15, 0.2) is 11.3 Å². The highest BCUT2D eigenvalue weighted by Gasteiger charge is 2.15. The highest BCUT2D eigenvalue weighted by Crippen LogP contribution is 2.30. The predicted molar refractivity (Wildman–Crippen MR) is 118 cm³/mol. The second-order valence-electron chi connectivity index (χ2n) is 7.30. The second kappa shape index (κ2) is 5.61. The normalized spacial score (nSPS) is 12.0. The zero-order valence-electron chi connectivity index (χ0n) is 15.8. The van der Waals surface area contributed by atoms with Crippen LogP contribution in [0.4, 0.5) is 0 Å². The number of rotatable bonds is 0. The number of pyridine rings is 2. The number of nitrogens with zero attached hydrogens (tertiary/aromatic N) is 6. The van der Waals surface area contributed by atoms with Crippen LogP contribution in [-0.4, -0.2) is 28.7 Å². The van der Waals surface area contributed by atoms with Crippen molar-refractivity contribution >= 4 is 55.2 Å². The molecule has 2 aromatic carbocycles.